The van der Waals surface area contributed by atoms with Gasteiger partial charge in [-0.25, -0.2) is 19.9 Å². The molecule has 36 heavy (non-hydrogen) atoms. The molecule has 11 nitrogen and oxygen atoms in total. The van der Waals surface area contributed by atoms with Crippen molar-refractivity contribution in [3.05, 3.63) is 84.4 Å². The molecular formula is C25H23N5O6. The maximum Gasteiger partial charge on any atom is 0.266 e. The van der Waals surface area contributed by atoms with Crippen molar-refractivity contribution >= 4 is 28.8 Å². The number of imide groups is 1. The van der Waals surface area contributed by atoms with Crippen molar-refractivity contribution in [2.24, 2.45) is 0 Å². The van der Waals surface area contributed by atoms with Gasteiger partial charge >= 0.3 is 0 Å². The number of aromatic nitrogens is 4. The number of ether oxygens (including phenoxy) is 2. The maximum atomic E-state index is 13.6. The Kier molecular flexibility index (Phi) is 6.29. The van der Waals surface area contributed by atoms with Gasteiger partial charge in [0.25, 0.3) is 11.8 Å². The van der Waals surface area contributed by atoms with E-state index >= 15 is 0 Å². The van der Waals surface area contributed by atoms with Gasteiger partial charge in [-0.05, 0) is 24.3 Å². The lowest BCUT2D eigenvalue weighted by Gasteiger charge is -2.28. The zero-order valence-corrected chi connectivity index (χ0v) is 19.3. The summed E-state index contributed by atoms with van der Waals surface area (Å²) in [5, 5.41) is 20.2. The molecule has 1 aliphatic heterocycles. The average molecular weight is 489 g/mol. The third-order valence-corrected chi connectivity index (χ3v) is 6.14. The number of methoxy groups -OCH3 is 1. The lowest BCUT2D eigenvalue weighted by molar-refractivity contribution is -0.269. The first-order chi connectivity index (χ1) is 17.5. The van der Waals surface area contributed by atoms with Crippen LogP contribution in [0.3, 0.4) is 0 Å². The van der Waals surface area contributed by atoms with E-state index in [0.717, 1.165) is 4.90 Å². The van der Waals surface area contributed by atoms with Crippen molar-refractivity contribution in [3.63, 3.8) is 0 Å². The summed E-state index contributed by atoms with van der Waals surface area (Å²) in [7, 11) is 1.33. The number of carbonyl (C=O) groups excluding carboxylic acids is 2. The predicted molar refractivity (Wildman–Crippen MR) is 127 cm³/mol. The first-order valence-corrected chi connectivity index (χ1v) is 11.2. The summed E-state index contributed by atoms with van der Waals surface area (Å²) < 4.78 is 12.6. The molecular weight excluding hydrogens is 466 g/mol. The highest BCUT2D eigenvalue weighted by atomic mass is 16.7. The number of anilines is 1. The molecule has 1 aliphatic rings. The van der Waals surface area contributed by atoms with Crippen LogP contribution in [-0.2, 0) is 9.47 Å². The lowest BCUT2D eigenvalue weighted by Crippen LogP contribution is -2.44. The largest absolute Gasteiger partial charge is 0.391 e. The molecule has 11 heteroatoms. The number of amides is 2. The molecule has 0 radical (unpaired) electrons. The van der Waals surface area contributed by atoms with E-state index in [9.17, 15) is 19.8 Å². The summed E-state index contributed by atoms with van der Waals surface area (Å²) in [6.45, 7) is -0.557. The van der Waals surface area contributed by atoms with Gasteiger partial charge in [-0.15, -0.1) is 0 Å². The van der Waals surface area contributed by atoms with Crippen LogP contribution in [0.5, 0.6) is 0 Å². The monoisotopic (exact) mass is 489 g/mol. The third-order valence-electron chi connectivity index (χ3n) is 6.14. The normalized spacial score (nSPS) is 21.5. The van der Waals surface area contributed by atoms with Crippen LogP contribution in [0.15, 0.2) is 73.3 Å². The van der Waals surface area contributed by atoms with E-state index in [4.69, 9.17) is 9.47 Å². The minimum Gasteiger partial charge on any atom is -0.391 e. The number of aliphatic hydroxyl groups is 2. The third kappa shape index (κ3) is 3.93. The van der Waals surface area contributed by atoms with Gasteiger partial charge in [0.15, 0.2) is 17.0 Å². The highest BCUT2D eigenvalue weighted by molar-refractivity contribution is 6.27. The Morgan fingerprint density at radius 3 is 2.19 bits per heavy atom. The Morgan fingerprint density at radius 2 is 1.67 bits per heavy atom. The molecule has 184 valence electrons. The van der Waals surface area contributed by atoms with Crippen LogP contribution in [0.2, 0.25) is 0 Å². The minimum atomic E-state index is -1.59. The zero-order chi connectivity index (χ0) is 25.3. The molecule has 4 aromatic rings. The van der Waals surface area contributed by atoms with Crippen molar-refractivity contribution in [2.75, 3.05) is 18.6 Å². The Bertz CT molecular complexity index is 1340. The second kappa shape index (κ2) is 9.55. The summed E-state index contributed by atoms with van der Waals surface area (Å²) in [4.78, 5) is 41.1. The standard InChI is InChI=1S/C25H23N5O6/c1-35-25(13-31)18(32)12-19(36-25)29-15-28-20-21(29)26-14-27-22(20)30(23(33)16-8-4-2-5-9-16)24(34)17-10-6-3-7-11-17/h2-11,14-15,18-19,31-32H,12-13H2,1H3/t18-,19+,25+/m0/s1. The summed E-state index contributed by atoms with van der Waals surface area (Å²) >= 11 is 0. The van der Waals surface area contributed by atoms with Crippen LogP contribution in [0.1, 0.15) is 33.4 Å². The first kappa shape index (κ1) is 23.7. The number of imidazole rings is 1. The number of nitrogens with zero attached hydrogens (tertiary/aromatic N) is 5. The van der Waals surface area contributed by atoms with Crippen LogP contribution >= 0.6 is 0 Å². The second-order valence-corrected chi connectivity index (χ2v) is 8.20. The molecule has 0 aliphatic carbocycles. The van der Waals surface area contributed by atoms with E-state index in [1.165, 1.54) is 19.8 Å². The second-order valence-electron chi connectivity index (χ2n) is 8.20. The SMILES string of the molecule is CO[C@]1(CO)O[C@@H](n2cnc3c(N(C(=O)c4ccccc4)C(=O)c4ccccc4)ncnc32)C[C@@H]1O. The Hall–Kier alpha value is -4.03. The van der Waals surface area contributed by atoms with Gasteiger partial charge < -0.3 is 19.7 Å². The molecule has 0 saturated carbocycles. The number of aliphatic hydroxyl groups excluding tert-OH is 2. The van der Waals surface area contributed by atoms with Gasteiger partial charge in [0, 0.05) is 24.7 Å². The number of carbonyl (C=O) groups is 2. The van der Waals surface area contributed by atoms with Gasteiger partial charge in [0.1, 0.15) is 18.7 Å². The molecule has 0 unspecified atom stereocenters. The summed E-state index contributed by atoms with van der Waals surface area (Å²) in [6, 6.07) is 16.8. The molecule has 2 aromatic carbocycles. The van der Waals surface area contributed by atoms with Crippen LogP contribution in [-0.4, -0.2) is 67.2 Å². The number of benzene rings is 2. The number of hydrogen-bond donors (Lipinski definition) is 2. The van der Waals surface area contributed by atoms with Crippen LogP contribution in [0, 0.1) is 0 Å². The average Bonchev–Trinajstić information content (AvgIpc) is 3.51. The van der Waals surface area contributed by atoms with E-state index in [1.807, 2.05) is 0 Å². The highest BCUT2D eigenvalue weighted by Gasteiger charge is 2.49. The summed E-state index contributed by atoms with van der Waals surface area (Å²) in [6.07, 6.45) is 0.853. The van der Waals surface area contributed by atoms with E-state index in [-0.39, 0.29) is 23.4 Å². The fraction of sp³-hybridized carbons (Fsp3) is 0.240. The van der Waals surface area contributed by atoms with Crippen LogP contribution in [0.25, 0.3) is 11.2 Å². The number of hydrogen-bond acceptors (Lipinski definition) is 9. The highest BCUT2D eigenvalue weighted by Crippen LogP contribution is 2.39. The molecule has 3 heterocycles. The molecule has 2 N–H and O–H groups in total. The van der Waals surface area contributed by atoms with E-state index < -0.39 is 36.5 Å². The zero-order valence-electron chi connectivity index (χ0n) is 19.3. The predicted octanol–water partition coefficient (Wildman–Crippen LogP) is 1.93. The molecule has 3 atom stereocenters. The molecule has 2 aromatic heterocycles. The molecule has 1 fully saturated rings. The van der Waals surface area contributed by atoms with Gasteiger partial charge in [-0.2, -0.15) is 0 Å². The summed E-state index contributed by atoms with van der Waals surface area (Å²) in [5.41, 5.74) is 1.04. The Labute approximate surface area is 205 Å². The van der Waals surface area contributed by atoms with Gasteiger partial charge in [-0.3, -0.25) is 14.2 Å². The molecule has 1 saturated heterocycles. The molecule has 0 bridgehead atoms. The van der Waals surface area contributed by atoms with Crippen molar-refractivity contribution in [1.82, 2.24) is 19.5 Å². The van der Waals surface area contributed by atoms with Crippen LogP contribution < -0.4 is 4.90 Å². The maximum absolute atomic E-state index is 13.6. The van der Waals surface area contributed by atoms with Crippen molar-refractivity contribution in [3.8, 4) is 0 Å². The quantitative estimate of drug-likeness (QED) is 0.389. The Morgan fingerprint density at radius 1 is 1.06 bits per heavy atom. The van der Waals surface area contributed by atoms with Crippen LogP contribution in [0.4, 0.5) is 5.82 Å². The number of fused-ring (bicyclic) bond motifs is 1. The lowest BCUT2D eigenvalue weighted by atomic mass is 10.1. The molecule has 5 rings (SSSR count). The van der Waals surface area contributed by atoms with Crippen molar-refractivity contribution < 1.29 is 29.3 Å². The fourth-order valence-electron chi connectivity index (χ4n) is 4.21. The van der Waals surface area contributed by atoms with Gasteiger partial charge in [0.2, 0.25) is 5.79 Å². The van der Waals surface area contributed by atoms with Gasteiger partial charge in [-0.1, -0.05) is 36.4 Å². The first-order valence-electron chi connectivity index (χ1n) is 11.2. The molecule has 2 amide bonds. The smallest absolute Gasteiger partial charge is 0.266 e. The fourth-order valence-corrected chi connectivity index (χ4v) is 4.21. The van der Waals surface area contributed by atoms with E-state index in [2.05, 4.69) is 15.0 Å². The van der Waals surface area contributed by atoms with E-state index in [0.29, 0.717) is 11.1 Å². The Balaban J connectivity index is 1.60. The van der Waals surface area contributed by atoms with Crippen molar-refractivity contribution in [1.29, 1.82) is 0 Å². The molecule has 0 spiro atoms. The number of rotatable bonds is 6. The minimum absolute atomic E-state index is 0.000152. The summed E-state index contributed by atoms with van der Waals surface area (Å²) in [5.74, 6) is -2.74. The van der Waals surface area contributed by atoms with Crippen molar-refractivity contribution in [2.45, 2.75) is 24.5 Å². The topological polar surface area (TPSA) is 140 Å². The van der Waals surface area contributed by atoms with Gasteiger partial charge in [0.05, 0.1) is 12.9 Å². The van der Waals surface area contributed by atoms with E-state index in [1.54, 1.807) is 65.2 Å².